The zero-order valence-electron chi connectivity index (χ0n) is 11.8. The van der Waals surface area contributed by atoms with E-state index >= 15 is 0 Å². The van der Waals surface area contributed by atoms with E-state index in [4.69, 9.17) is 10.6 Å². The van der Waals surface area contributed by atoms with Crippen LogP contribution in [0.2, 0.25) is 0 Å². The predicted molar refractivity (Wildman–Crippen MR) is 71.4 cm³/mol. The highest BCUT2D eigenvalue weighted by Crippen LogP contribution is 2.26. The molecule has 5 heteroatoms. The van der Waals surface area contributed by atoms with E-state index in [1.807, 2.05) is 20.8 Å². The Labute approximate surface area is 113 Å². The summed E-state index contributed by atoms with van der Waals surface area (Å²) in [5.41, 5.74) is 2.76. The molecule has 0 aliphatic rings. The van der Waals surface area contributed by atoms with E-state index in [1.165, 1.54) is 6.07 Å². The molecule has 19 heavy (non-hydrogen) atoms. The monoisotopic (exact) mass is 272 g/mol. The summed E-state index contributed by atoms with van der Waals surface area (Å²) in [7, 11) is 1.59. The molecule has 0 amide bonds. The fourth-order valence-corrected chi connectivity index (χ4v) is 2.31. The smallest absolute Gasteiger partial charge is 0.126 e. The van der Waals surface area contributed by atoms with Gasteiger partial charge in [-0.3, -0.25) is 11.3 Å². The normalized spacial score (nSPS) is 15.3. The first-order chi connectivity index (χ1) is 8.79. The quantitative estimate of drug-likeness (QED) is 0.639. The maximum atomic E-state index is 13.7. The standard InChI is InChI=1S/C14H22F2N2O/c1-14(2,3)13(19-4)12(18-17)8-9-7-10(15)5-6-11(9)16/h5-7,12-13,18H,8,17H2,1-4H3. The minimum absolute atomic E-state index is 0.171. The van der Waals surface area contributed by atoms with Gasteiger partial charge in [-0.15, -0.1) is 0 Å². The van der Waals surface area contributed by atoms with Crippen LogP contribution in [0.3, 0.4) is 0 Å². The molecule has 0 spiro atoms. The fourth-order valence-electron chi connectivity index (χ4n) is 2.31. The van der Waals surface area contributed by atoms with Gasteiger partial charge in [0.25, 0.3) is 0 Å². The minimum atomic E-state index is -0.461. The number of rotatable bonds is 5. The molecule has 2 atom stereocenters. The third kappa shape index (κ3) is 4.23. The Morgan fingerprint density at radius 2 is 1.95 bits per heavy atom. The predicted octanol–water partition coefficient (Wildman–Crippen LogP) is 2.40. The first-order valence-electron chi connectivity index (χ1n) is 6.22. The number of hydrogen-bond acceptors (Lipinski definition) is 3. The van der Waals surface area contributed by atoms with Crippen LogP contribution in [0.5, 0.6) is 0 Å². The average Bonchev–Trinajstić information content (AvgIpc) is 2.31. The number of hydrogen-bond donors (Lipinski definition) is 2. The number of methoxy groups -OCH3 is 1. The van der Waals surface area contributed by atoms with Gasteiger partial charge in [-0.25, -0.2) is 8.78 Å². The van der Waals surface area contributed by atoms with E-state index in [0.717, 1.165) is 12.1 Å². The van der Waals surface area contributed by atoms with Crippen molar-refractivity contribution in [1.29, 1.82) is 0 Å². The number of nitrogens with one attached hydrogen (secondary N) is 1. The van der Waals surface area contributed by atoms with Gasteiger partial charge in [0.2, 0.25) is 0 Å². The number of benzene rings is 1. The van der Waals surface area contributed by atoms with Crippen LogP contribution in [0.15, 0.2) is 18.2 Å². The summed E-state index contributed by atoms with van der Waals surface area (Å²) in [6.45, 7) is 6.02. The molecule has 0 aliphatic carbocycles. The summed E-state index contributed by atoms with van der Waals surface area (Å²) in [4.78, 5) is 0. The lowest BCUT2D eigenvalue weighted by molar-refractivity contribution is -0.0112. The van der Waals surface area contributed by atoms with E-state index in [2.05, 4.69) is 5.43 Å². The molecule has 108 valence electrons. The largest absolute Gasteiger partial charge is 0.379 e. The zero-order chi connectivity index (χ0) is 14.6. The van der Waals surface area contributed by atoms with Gasteiger partial charge in [0, 0.05) is 7.11 Å². The van der Waals surface area contributed by atoms with E-state index in [1.54, 1.807) is 7.11 Å². The van der Waals surface area contributed by atoms with Crippen LogP contribution in [-0.2, 0) is 11.2 Å². The van der Waals surface area contributed by atoms with Gasteiger partial charge < -0.3 is 4.74 Å². The van der Waals surface area contributed by atoms with Gasteiger partial charge in [0.05, 0.1) is 12.1 Å². The van der Waals surface area contributed by atoms with Crippen LogP contribution in [-0.4, -0.2) is 19.3 Å². The minimum Gasteiger partial charge on any atom is -0.379 e. The van der Waals surface area contributed by atoms with Crippen LogP contribution < -0.4 is 11.3 Å². The van der Waals surface area contributed by atoms with E-state index < -0.39 is 11.6 Å². The maximum Gasteiger partial charge on any atom is 0.126 e. The molecule has 0 saturated heterocycles. The first kappa shape index (κ1) is 16.0. The van der Waals surface area contributed by atoms with Crippen molar-refractivity contribution in [3.63, 3.8) is 0 Å². The molecule has 2 unspecified atom stereocenters. The highest BCUT2D eigenvalue weighted by Gasteiger charge is 2.32. The summed E-state index contributed by atoms with van der Waals surface area (Å²) < 4.78 is 32.3. The Morgan fingerprint density at radius 1 is 1.32 bits per heavy atom. The Balaban J connectivity index is 2.95. The Bertz CT molecular complexity index is 418. The molecule has 3 nitrogen and oxygen atoms in total. The maximum absolute atomic E-state index is 13.7. The second-order valence-corrected chi connectivity index (χ2v) is 5.74. The molecule has 0 aliphatic heterocycles. The third-order valence-electron chi connectivity index (χ3n) is 3.13. The molecule has 1 aromatic carbocycles. The third-order valence-corrected chi connectivity index (χ3v) is 3.13. The Kier molecular flexibility index (Phi) is 5.40. The summed E-state index contributed by atoms with van der Waals surface area (Å²) in [5.74, 6) is 4.64. The molecule has 0 saturated carbocycles. The topological polar surface area (TPSA) is 47.3 Å². The van der Waals surface area contributed by atoms with Crippen LogP contribution in [0.25, 0.3) is 0 Å². The summed E-state index contributed by atoms with van der Waals surface area (Å²) in [6.07, 6.45) is 0.0377. The molecule has 0 bridgehead atoms. The molecule has 0 aromatic heterocycles. The van der Waals surface area contributed by atoms with Crippen molar-refractivity contribution in [2.75, 3.05) is 7.11 Å². The summed E-state index contributed by atoms with van der Waals surface area (Å²) in [6, 6.07) is 3.11. The van der Waals surface area contributed by atoms with Gasteiger partial charge in [0.15, 0.2) is 0 Å². The number of nitrogens with two attached hydrogens (primary N) is 1. The first-order valence-corrected chi connectivity index (χ1v) is 6.22. The molecular weight excluding hydrogens is 250 g/mol. The van der Waals surface area contributed by atoms with Gasteiger partial charge in [-0.2, -0.15) is 0 Å². The number of hydrazine groups is 1. The second kappa shape index (κ2) is 6.41. The molecule has 0 heterocycles. The number of ether oxygens (including phenoxy) is 1. The van der Waals surface area contributed by atoms with Crippen molar-refractivity contribution in [3.05, 3.63) is 35.4 Å². The molecule has 3 N–H and O–H groups in total. The van der Waals surface area contributed by atoms with Crippen molar-refractivity contribution in [3.8, 4) is 0 Å². The highest BCUT2D eigenvalue weighted by atomic mass is 19.1. The highest BCUT2D eigenvalue weighted by molar-refractivity contribution is 5.20. The van der Waals surface area contributed by atoms with E-state index in [0.29, 0.717) is 0 Å². The molecule has 0 radical (unpaired) electrons. The van der Waals surface area contributed by atoms with Crippen LogP contribution in [0, 0.1) is 17.0 Å². The van der Waals surface area contributed by atoms with Gasteiger partial charge in [0.1, 0.15) is 11.6 Å². The average molecular weight is 272 g/mol. The van der Waals surface area contributed by atoms with Crippen LogP contribution in [0.4, 0.5) is 8.78 Å². The lowest BCUT2D eigenvalue weighted by Crippen LogP contribution is -2.51. The van der Waals surface area contributed by atoms with Gasteiger partial charge in [-0.1, -0.05) is 20.8 Å². The van der Waals surface area contributed by atoms with E-state index in [-0.39, 0.29) is 29.5 Å². The fraction of sp³-hybridized carbons (Fsp3) is 0.571. The van der Waals surface area contributed by atoms with Crippen LogP contribution >= 0.6 is 0 Å². The Hall–Kier alpha value is -1.04. The molecular formula is C14H22F2N2O. The molecule has 1 aromatic rings. The van der Waals surface area contributed by atoms with Crippen molar-refractivity contribution in [2.24, 2.45) is 11.3 Å². The van der Waals surface area contributed by atoms with Gasteiger partial charge >= 0.3 is 0 Å². The lowest BCUT2D eigenvalue weighted by atomic mass is 9.82. The SMILES string of the molecule is COC(C(Cc1cc(F)ccc1F)NN)C(C)(C)C. The zero-order valence-corrected chi connectivity index (χ0v) is 11.8. The van der Waals surface area contributed by atoms with Crippen molar-refractivity contribution < 1.29 is 13.5 Å². The van der Waals surface area contributed by atoms with Gasteiger partial charge in [-0.05, 0) is 35.6 Å². The summed E-state index contributed by atoms with van der Waals surface area (Å²) in [5, 5.41) is 0. The molecule has 1 rings (SSSR count). The molecule has 0 fully saturated rings. The lowest BCUT2D eigenvalue weighted by Gasteiger charge is -2.35. The summed E-state index contributed by atoms with van der Waals surface area (Å²) >= 11 is 0. The van der Waals surface area contributed by atoms with Crippen LogP contribution in [0.1, 0.15) is 26.3 Å². The van der Waals surface area contributed by atoms with Crippen molar-refractivity contribution >= 4 is 0 Å². The van der Waals surface area contributed by atoms with Crippen molar-refractivity contribution in [2.45, 2.75) is 39.3 Å². The van der Waals surface area contributed by atoms with Crippen molar-refractivity contribution in [1.82, 2.24) is 5.43 Å². The second-order valence-electron chi connectivity index (χ2n) is 5.74. The van der Waals surface area contributed by atoms with E-state index in [9.17, 15) is 8.78 Å². The number of halogens is 2. The Morgan fingerprint density at radius 3 is 2.42 bits per heavy atom.